The van der Waals surface area contributed by atoms with Gasteiger partial charge in [-0.05, 0) is 38.5 Å². The van der Waals surface area contributed by atoms with Gasteiger partial charge in [0.2, 0.25) is 0 Å². The molecule has 0 aliphatic heterocycles. The number of hydrogen-bond acceptors (Lipinski definition) is 3. The lowest BCUT2D eigenvalue weighted by atomic mass is 10.1. The third-order valence-electron chi connectivity index (χ3n) is 3.80. The zero-order valence-corrected chi connectivity index (χ0v) is 14.8. The van der Waals surface area contributed by atoms with E-state index in [-0.39, 0.29) is 11.4 Å². The standard InChI is InChI=1S/C20H23FN4/c1-20(2,3)22-13-18-19(16-7-5-4-6-8-16)24-25(23-18)14-15-9-11-17(21)12-10-15/h4-12,22H,13-14H2,1-3H3. The first kappa shape index (κ1) is 17.3. The van der Waals surface area contributed by atoms with E-state index in [0.717, 1.165) is 22.5 Å². The van der Waals surface area contributed by atoms with Crippen LogP contribution in [0, 0.1) is 5.82 Å². The minimum absolute atomic E-state index is 0.00526. The minimum atomic E-state index is -0.239. The molecule has 3 aromatic rings. The van der Waals surface area contributed by atoms with E-state index in [1.165, 1.54) is 12.1 Å². The van der Waals surface area contributed by atoms with Crippen molar-refractivity contribution in [1.82, 2.24) is 20.3 Å². The normalized spacial score (nSPS) is 11.7. The lowest BCUT2D eigenvalue weighted by Gasteiger charge is -2.19. The monoisotopic (exact) mass is 338 g/mol. The van der Waals surface area contributed by atoms with Gasteiger partial charge in [0.1, 0.15) is 17.2 Å². The maximum Gasteiger partial charge on any atom is 0.123 e. The zero-order chi connectivity index (χ0) is 17.9. The van der Waals surface area contributed by atoms with Crippen LogP contribution in [0.4, 0.5) is 4.39 Å². The van der Waals surface area contributed by atoms with Gasteiger partial charge in [0.25, 0.3) is 0 Å². The molecule has 5 heteroatoms. The van der Waals surface area contributed by atoms with Gasteiger partial charge in [-0.15, -0.1) is 0 Å². The topological polar surface area (TPSA) is 42.7 Å². The van der Waals surface area contributed by atoms with E-state index in [9.17, 15) is 4.39 Å². The average molecular weight is 338 g/mol. The van der Waals surface area contributed by atoms with E-state index < -0.39 is 0 Å². The van der Waals surface area contributed by atoms with Crippen LogP contribution < -0.4 is 5.32 Å². The molecule has 4 nitrogen and oxygen atoms in total. The molecule has 0 unspecified atom stereocenters. The van der Waals surface area contributed by atoms with Crippen LogP contribution >= 0.6 is 0 Å². The van der Waals surface area contributed by atoms with E-state index in [1.807, 2.05) is 30.3 Å². The number of rotatable bonds is 5. The molecule has 0 radical (unpaired) electrons. The predicted octanol–water partition coefficient (Wildman–Crippen LogP) is 4.02. The van der Waals surface area contributed by atoms with Gasteiger partial charge in [-0.25, -0.2) is 4.39 Å². The van der Waals surface area contributed by atoms with Crippen molar-refractivity contribution in [2.75, 3.05) is 0 Å². The van der Waals surface area contributed by atoms with Gasteiger partial charge in [-0.1, -0.05) is 42.5 Å². The summed E-state index contributed by atoms with van der Waals surface area (Å²) in [4.78, 5) is 1.68. The molecule has 2 aromatic carbocycles. The van der Waals surface area contributed by atoms with Crippen LogP contribution in [-0.4, -0.2) is 20.5 Å². The highest BCUT2D eigenvalue weighted by Gasteiger charge is 2.16. The highest BCUT2D eigenvalue weighted by Crippen LogP contribution is 2.21. The van der Waals surface area contributed by atoms with Crippen molar-refractivity contribution < 1.29 is 4.39 Å². The Morgan fingerprint density at radius 2 is 1.64 bits per heavy atom. The van der Waals surface area contributed by atoms with Crippen LogP contribution in [0.3, 0.4) is 0 Å². The average Bonchev–Trinajstić information content (AvgIpc) is 2.98. The zero-order valence-electron chi connectivity index (χ0n) is 14.8. The summed E-state index contributed by atoms with van der Waals surface area (Å²) in [5, 5.41) is 12.8. The lowest BCUT2D eigenvalue weighted by Crippen LogP contribution is -2.35. The first-order valence-electron chi connectivity index (χ1n) is 8.40. The molecule has 0 saturated heterocycles. The first-order valence-corrected chi connectivity index (χ1v) is 8.40. The Bertz CT molecular complexity index is 817. The molecule has 25 heavy (non-hydrogen) atoms. The summed E-state index contributed by atoms with van der Waals surface area (Å²) in [6, 6.07) is 16.5. The fraction of sp³-hybridized carbons (Fsp3) is 0.300. The highest BCUT2D eigenvalue weighted by molar-refractivity contribution is 5.60. The van der Waals surface area contributed by atoms with Crippen LogP contribution in [0.2, 0.25) is 0 Å². The third-order valence-corrected chi connectivity index (χ3v) is 3.80. The van der Waals surface area contributed by atoms with Crippen molar-refractivity contribution in [3.63, 3.8) is 0 Å². The van der Waals surface area contributed by atoms with Crippen LogP contribution in [0.5, 0.6) is 0 Å². The molecular formula is C20H23FN4. The SMILES string of the molecule is CC(C)(C)NCc1nn(Cc2ccc(F)cc2)nc1-c1ccccc1. The van der Waals surface area contributed by atoms with E-state index in [0.29, 0.717) is 13.1 Å². The van der Waals surface area contributed by atoms with Gasteiger partial charge < -0.3 is 5.32 Å². The Hall–Kier alpha value is -2.53. The van der Waals surface area contributed by atoms with Crippen molar-refractivity contribution >= 4 is 0 Å². The van der Waals surface area contributed by atoms with Crippen molar-refractivity contribution in [3.8, 4) is 11.3 Å². The van der Waals surface area contributed by atoms with Crippen molar-refractivity contribution in [1.29, 1.82) is 0 Å². The number of aromatic nitrogens is 3. The Morgan fingerprint density at radius 1 is 0.960 bits per heavy atom. The van der Waals surface area contributed by atoms with Gasteiger partial charge >= 0.3 is 0 Å². The smallest absolute Gasteiger partial charge is 0.123 e. The fourth-order valence-corrected chi connectivity index (χ4v) is 2.49. The minimum Gasteiger partial charge on any atom is -0.306 e. The molecule has 0 atom stereocenters. The molecule has 0 saturated carbocycles. The van der Waals surface area contributed by atoms with Crippen molar-refractivity contribution in [2.45, 2.75) is 39.4 Å². The molecule has 0 fully saturated rings. The summed E-state index contributed by atoms with van der Waals surface area (Å²) < 4.78 is 13.1. The third kappa shape index (κ3) is 4.73. The largest absolute Gasteiger partial charge is 0.306 e. The Morgan fingerprint density at radius 3 is 2.28 bits per heavy atom. The summed E-state index contributed by atoms with van der Waals surface area (Å²) in [6.07, 6.45) is 0. The fourth-order valence-electron chi connectivity index (χ4n) is 2.49. The summed E-state index contributed by atoms with van der Waals surface area (Å²) in [5.74, 6) is -0.239. The molecule has 0 spiro atoms. The number of hydrogen-bond donors (Lipinski definition) is 1. The second kappa shape index (κ2) is 7.15. The number of benzene rings is 2. The number of halogens is 1. The molecule has 3 rings (SSSR count). The van der Waals surface area contributed by atoms with Gasteiger partial charge in [0.05, 0.1) is 6.54 Å². The van der Waals surface area contributed by atoms with Gasteiger partial charge in [-0.3, -0.25) is 0 Å². The maximum absolute atomic E-state index is 13.1. The molecule has 0 amide bonds. The van der Waals surface area contributed by atoms with Gasteiger partial charge in [0, 0.05) is 17.6 Å². The molecule has 0 aliphatic rings. The van der Waals surface area contributed by atoms with Crippen LogP contribution in [0.25, 0.3) is 11.3 Å². The molecular weight excluding hydrogens is 315 g/mol. The number of nitrogens with zero attached hydrogens (tertiary/aromatic N) is 3. The van der Waals surface area contributed by atoms with E-state index in [4.69, 9.17) is 0 Å². The molecule has 1 aromatic heterocycles. The Balaban J connectivity index is 1.89. The molecule has 1 heterocycles. The second-order valence-electron chi connectivity index (χ2n) is 7.12. The maximum atomic E-state index is 13.1. The van der Waals surface area contributed by atoms with Gasteiger partial charge in [-0.2, -0.15) is 15.0 Å². The van der Waals surface area contributed by atoms with E-state index in [1.54, 1.807) is 16.9 Å². The first-order chi connectivity index (χ1) is 11.9. The summed E-state index contributed by atoms with van der Waals surface area (Å²) >= 11 is 0. The van der Waals surface area contributed by atoms with Crippen LogP contribution in [0.1, 0.15) is 32.0 Å². The molecule has 0 bridgehead atoms. The molecule has 1 N–H and O–H groups in total. The van der Waals surface area contributed by atoms with Crippen LogP contribution in [0.15, 0.2) is 54.6 Å². The van der Waals surface area contributed by atoms with Crippen LogP contribution in [-0.2, 0) is 13.1 Å². The quantitative estimate of drug-likeness (QED) is 0.764. The van der Waals surface area contributed by atoms with E-state index in [2.05, 4.69) is 36.3 Å². The van der Waals surface area contributed by atoms with Crippen molar-refractivity contribution in [3.05, 3.63) is 71.7 Å². The van der Waals surface area contributed by atoms with Crippen molar-refractivity contribution in [2.24, 2.45) is 0 Å². The Labute approximate surface area is 147 Å². The van der Waals surface area contributed by atoms with E-state index >= 15 is 0 Å². The number of nitrogens with one attached hydrogen (secondary N) is 1. The second-order valence-corrected chi connectivity index (χ2v) is 7.12. The van der Waals surface area contributed by atoms with Gasteiger partial charge in [0.15, 0.2) is 0 Å². The predicted molar refractivity (Wildman–Crippen MR) is 97.6 cm³/mol. The highest BCUT2D eigenvalue weighted by atomic mass is 19.1. The molecule has 130 valence electrons. The summed E-state index contributed by atoms with van der Waals surface area (Å²) in [6.45, 7) is 7.52. The Kier molecular flexibility index (Phi) is 4.95. The summed E-state index contributed by atoms with van der Waals surface area (Å²) in [7, 11) is 0. The molecule has 0 aliphatic carbocycles. The lowest BCUT2D eigenvalue weighted by molar-refractivity contribution is 0.419. The summed E-state index contributed by atoms with van der Waals surface area (Å²) in [5.41, 5.74) is 3.78.